The second kappa shape index (κ2) is 6.91. The molecule has 1 aromatic heterocycles. The summed E-state index contributed by atoms with van der Waals surface area (Å²) < 4.78 is 41.4. The van der Waals surface area contributed by atoms with E-state index in [0.717, 1.165) is 12.2 Å². The van der Waals surface area contributed by atoms with Crippen LogP contribution in [0.25, 0.3) is 0 Å². The van der Waals surface area contributed by atoms with Crippen molar-refractivity contribution < 1.29 is 17.9 Å². The van der Waals surface area contributed by atoms with Gasteiger partial charge >= 0.3 is 0 Å². The number of ether oxygens (including phenoxy) is 2. The SMILES string of the molecule is CCc1nsc(Oc2ccc(S(=O)(=O)N3CCOCC3)cc2)n1. The van der Waals surface area contributed by atoms with Crippen LogP contribution in [0.5, 0.6) is 10.9 Å². The molecule has 1 aromatic carbocycles. The molecule has 1 fully saturated rings. The first-order valence-corrected chi connectivity index (χ1v) is 9.49. The van der Waals surface area contributed by atoms with Crippen molar-refractivity contribution in [1.82, 2.24) is 13.7 Å². The molecule has 23 heavy (non-hydrogen) atoms. The smallest absolute Gasteiger partial charge is 0.298 e. The lowest BCUT2D eigenvalue weighted by Gasteiger charge is -2.26. The second-order valence-electron chi connectivity index (χ2n) is 4.92. The lowest BCUT2D eigenvalue weighted by atomic mass is 10.3. The van der Waals surface area contributed by atoms with Crippen molar-refractivity contribution in [3.8, 4) is 10.9 Å². The number of hydrogen-bond donors (Lipinski definition) is 0. The number of aromatic nitrogens is 2. The van der Waals surface area contributed by atoms with Crippen LogP contribution in [0.15, 0.2) is 29.2 Å². The third-order valence-electron chi connectivity index (χ3n) is 3.40. The average molecular weight is 355 g/mol. The predicted octanol–water partition coefficient (Wildman–Crippen LogP) is 1.91. The van der Waals surface area contributed by atoms with Gasteiger partial charge in [-0.1, -0.05) is 6.92 Å². The molecule has 0 spiro atoms. The molecule has 0 bridgehead atoms. The van der Waals surface area contributed by atoms with Crippen molar-refractivity contribution in [3.63, 3.8) is 0 Å². The molecular weight excluding hydrogens is 338 g/mol. The monoisotopic (exact) mass is 355 g/mol. The summed E-state index contributed by atoms with van der Waals surface area (Å²) in [5.41, 5.74) is 0. The van der Waals surface area contributed by atoms with Crippen molar-refractivity contribution in [2.75, 3.05) is 26.3 Å². The number of sulfonamides is 1. The molecular formula is C14H17N3O4S2. The van der Waals surface area contributed by atoms with Crippen molar-refractivity contribution in [1.29, 1.82) is 0 Å². The molecule has 9 heteroatoms. The zero-order valence-electron chi connectivity index (χ0n) is 12.6. The van der Waals surface area contributed by atoms with Crippen LogP contribution in [0.2, 0.25) is 0 Å². The number of nitrogens with zero attached hydrogens (tertiary/aromatic N) is 3. The third kappa shape index (κ3) is 3.69. The van der Waals surface area contributed by atoms with Crippen LogP contribution in [-0.4, -0.2) is 48.4 Å². The molecule has 1 saturated heterocycles. The normalized spacial score (nSPS) is 16.4. The maximum absolute atomic E-state index is 12.5. The van der Waals surface area contributed by atoms with E-state index in [1.807, 2.05) is 6.92 Å². The average Bonchev–Trinajstić information content (AvgIpc) is 3.04. The lowest BCUT2D eigenvalue weighted by Crippen LogP contribution is -2.40. The van der Waals surface area contributed by atoms with Gasteiger partial charge in [0.1, 0.15) is 11.6 Å². The lowest BCUT2D eigenvalue weighted by molar-refractivity contribution is 0.0730. The van der Waals surface area contributed by atoms with Gasteiger partial charge in [-0.25, -0.2) is 8.42 Å². The highest BCUT2D eigenvalue weighted by Gasteiger charge is 2.26. The van der Waals surface area contributed by atoms with Crippen molar-refractivity contribution in [2.45, 2.75) is 18.2 Å². The van der Waals surface area contributed by atoms with E-state index in [2.05, 4.69) is 9.36 Å². The Hall–Kier alpha value is -1.55. The fourth-order valence-electron chi connectivity index (χ4n) is 2.14. The summed E-state index contributed by atoms with van der Waals surface area (Å²) in [6, 6.07) is 6.34. The maximum Gasteiger partial charge on any atom is 0.298 e. The van der Waals surface area contributed by atoms with Crippen molar-refractivity contribution in [2.24, 2.45) is 0 Å². The summed E-state index contributed by atoms with van der Waals surface area (Å²) in [6.45, 7) is 3.59. The molecule has 3 rings (SSSR count). The van der Waals surface area contributed by atoms with Crippen LogP contribution < -0.4 is 4.74 Å². The summed E-state index contributed by atoms with van der Waals surface area (Å²) in [4.78, 5) is 4.46. The van der Waals surface area contributed by atoms with Crippen LogP contribution in [0.4, 0.5) is 0 Å². The molecule has 124 valence electrons. The first-order valence-electron chi connectivity index (χ1n) is 7.28. The topological polar surface area (TPSA) is 81.6 Å². The van der Waals surface area contributed by atoms with Crippen LogP contribution in [0.1, 0.15) is 12.7 Å². The molecule has 2 heterocycles. The molecule has 0 atom stereocenters. The van der Waals surface area contributed by atoms with E-state index in [0.29, 0.717) is 37.2 Å². The highest BCUT2D eigenvalue weighted by molar-refractivity contribution is 7.89. The molecule has 0 N–H and O–H groups in total. The standard InChI is InChI=1S/C14H17N3O4S2/c1-2-13-15-14(22-16-13)21-11-3-5-12(6-4-11)23(18,19)17-7-9-20-10-8-17/h3-6H,2,7-10H2,1H3. The Morgan fingerprint density at radius 2 is 1.96 bits per heavy atom. The summed E-state index contributed by atoms with van der Waals surface area (Å²) in [6.07, 6.45) is 0.747. The molecule has 0 unspecified atom stereocenters. The largest absolute Gasteiger partial charge is 0.430 e. The Kier molecular flexibility index (Phi) is 4.90. The zero-order chi connectivity index (χ0) is 16.3. The quantitative estimate of drug-likeness (QED) is 0.815. The first-order chi connectivity index (χ1) is 11.1. The van der Waals surface area contributed by atoms with Gasteiger partial charge in [-0.05, 0) is 24.3 Å². The molecule has 0 saturated carbocycles. The number of morpholine rings is 1. The van der Waals surface area contributed by atoms with E-state index in [-0.39, 0.29) is 4.90 Å². The number of rotatable bonds is 5. The van der Waals surface area contributed by atoms with Gasteiger partial charge in [0.25, 0.3) is 5.19 Å². The van der Waals surface area contributed by atoms with Gasteiger partial charge in [0, 0.05) is 31.0 Å². The Morgan fingerprint density at radius 3 is 2.57 bits per heavy atom. The van der Waals surface area contributed by atoms with Gasteiger partial charge in [-0.3, -0.25) is 0 Å². The van der Waals surface area contributed by atoms with Gasteiger partial charge in [-0.15, -0.1) is 0 Å². The molecule has 0 amide bonds. The minimum atomic E-state index is -3.48. The van der Waals surface area contributed by atoms with E-state index in [1.165, 1.54) is 15.8 Å². The summed E-state index contributed by atoms with van der Waals surface area (Å²) in [5.74, 6) is 1.27. The summed E-state index contributed by atoms with van der Waals surface area (Å²) in [5, 5.41) is 0.450. The van der Waals surface area contributed by atoms with Crippen molar-refractivity contribution in [3.05, 3.63) is 30.1 Å². The first kappa shape index (κ1) is 16.3. The van der Waals surface area contributed by atoms with E-state index >= 15 is 0 Å². The van der Waals surface area contributed by atoms with E-state index < -0.39 is 10.0 Å². The van der Waals surface area contributed by atoms with E-state index in [9.17, 15) is 8.42 Å². The molecule has 0 aliphatic carbocycles. The van der Waals surface area contributed by atoms with E-state index in [4.69, 9.17) is 9.47 Å². The fourth-order valence-corrected chi connectivity index (χ4v) is 4.18. The minimum absolute atomic E-state index is 0.248. The number of hydrogen-bond acceptors (Lipinski definition) is 7. The summed E-state index contributed by atoms with van der Waals surface area (Å²) in [7, 11) is -3.48. The molecule has 2 aromatic rings. The number of aryl methyl sites for hydroxylation is 1. The van der Waals surface area contributed by atoms with Crippen LogP contribution in [0.3, 0.4) is 0 Å². The highest BCUT2D eigenvalue weighted by atomic mass is 32.2. The zero-order valence-corrected chi connectivity index (χ0v) is 14.3. The van der Waals surface area contributed by atoms with Crippen molar-refractivity contribution >= 4 is 21.6 Å². The molecule has 7 nitrogen and oxygen atoms in total. The van der Waals surface area contributed by atoms with Gasteiger partial charge in [0.05, 0.1) is 18.1 Å². The fraction of sp³-hybridized carbons (Fsp3) is 0.429. The predicted molar refractivity (Wildman–Crippen MR) is 85.4 cm³/mol. The Labute approximate surface area is 139 Å². The van der Waals surface area contributed by atoms with Crippen LogP contribution >= 0.6 is 11.5 Å². The van der Waals surface area contributed by atoms with Crippen LogP contribution in [0, 0.1) is 0 Å². The van der Waals surface area contributed by atoms with Gasteiger partial charge in [-0.2, -0.15) is 13.7 Å². The Bertz CT molecular complexity index is 753. The van der Waals surface area contributed by atoms with Gasteiger partial charge in [0.2, 0.25) is 10.0 Å². The molecule has 1 aliphatic heterocycles. The minimum Gasteiger partial charge on any atom is -0.430 e. The number of benzene rings is 1. The molecule has 1 aliphatic rings. The van der Waals surface area contributed by atoms with Gasteiger partial charge < -0.3 is 9.47 Å². The van der Waals surface area contributed by atoms with Crippen LogP contribution in [-0.2, 0) is 21.2 Å². The second-order valence-corrected chi connectivity index (χ2v) is 7.57. The third-order valence-corrected chi connectivity index (χ3v) is 5.95. The maximum atomic E-state index is 12.5. The highest BCUT2D eigenvalue weighted by Crippen LogP contribution is 2.25. The van der Waals surface area contributed by atoms with Gasteiger partial charge in [0.15, 0.2) is 0 Å². The molecule has 0 radical (unpaired) electrons. The van der Waals surface area contributed by atoms with E-state index in [1.54, 1.807) is 24.3 Å². The Morgan fingerprint density at radius 1 is 1.26 bits per heavy atom. The summed E-state index contributed by atoms with van der Waals surface area (Å²) >= 11 is 1.18. The Balaban J connectivity index is 1.73.